The molecule has 2 rings (SSSR count). The molecule has 2 N–H and O–H groups in total. The summed E-state index contributed by atoms with van der Waals surface area (Å²) < 4.78 is 0. The molecule has 0 aliphatic heterocycles. The van der Waals surface area contributed by atoms with Gasteiger partial charge in [-0.05, 0) is 62.1 Å². The second kappa shape index (κ2) is 4.38. The lowest BCUT2D eigenvalue weighted by Gasteiger charge is -2.08. The average Bonchev–Trinajstić information content (AvgIpc) is 2.65. The SMILES string of the molecule is Cc1cc(C)c(-c2cc(CO)c(C)[nH]2)cc1C. The normalized spacial score (nSPS) is 10.9. The first-order valence-corrected chi connectivity index (χ1v) is 5.90. The summed E-state index contributed by atoms with van der Waals surface area (Å²) in [5.41, 5.74) is 8.19. The van der Waals surface area contributed by atoms with Crippen LogP contribution in [0.2, 0.25) is 0 Å². The molecule has 1 aromatic carbocycles. The van der Waals surface area contributed by atoms with Gasteiger partial charge in [0.05, 0.1) is 6.61 Å². The first-order valence-electron chi connectivity index (χ1n) is 5.90. The number of aliphatic hydroxyl groups excluding tert-OH is 1. The molecule has 2 aromatic rings. The van der Waals surface area contributed by atoms with Gasteiger partial charge in [0, 0.05) is 17.0 Å². The Kier molecular flexibility index (Phi) is 3.07. The third-order valence-corrected chi connectivity index (χ3v) is 3.42. The minimum Gasteiger partial charge on any atom is -0.392 e. The van der Waals surface area contributed by atoms with Gasteiger partial charge in [0.25, 0.3) is 0 Å². The van der Waals surface area contributed by atoms with Crippen LogP contribution < -0.4 is 0 Å². The van der Waals surface area contributed by atoms with Crippen molar-refractivity contribution in [2.75, 3.05) is 0 Å². The van der Waals surface area contributed by atoms with E-state index in [9.17, 15) is 5.11 Å². The molecule has 2 heteroatoms. The van der Waals surface area contributed by atoms with Crippen LogP contribution in [-0.4, -0.2) is 10.1 Å². The molecule has 1 heterocycles. The summed E-state index contributed by atoms with van der Waals surface area (Å²) in [7, 11) is 0. The lowest BCUT2D eigenvalue weighted by atomic mass is 9.99. The van der Waals surface area contributed by atoms with E-state index in [1.165, 1.54) is 22.3 Å². The number of rotatable bonds is 2. The summed E-state index contributed by atoms with van der Waals surface area (Å²) in [6.07, 6.45) is 0. The Bertz CT molecular complexity index is 552. The molecule has 0 aliphatic rings. The van der Waals surface area contributed by atoms with Crippen molar-refractivity contribution in [1.82, 2.24) is 4.98 Å². The minimum absolute atomic E-state index is 0.0895. The van der Waals surface area contributed by atoms with E-state index in [1.807, 2.05) is 13.0 Å². The topological polar surface area (TPSA) is 36.0 Å². The summed E-state index contributed by atoms with van der Waals surface area (Å²) >= 11 is 0. The Morgan fingerprint density at radius 2 is 1.59 bits per heavy atom. The number of hydrogen-bond donors (Lipinski definition) is 2. The Morgan fingerprint density at radius 1 is 0.941 bits per heavy atom. The zero-order valence-electron chi connectivity index (χ0n) is 10.9. The first kappa shape index (κ1) is 11.9. The van der Waals surface area contributed by atoms with Crippen LogP contribution in [0.3, 0.4) is 0 Å². The highest BCUT2D eigenvalue weighted by Crippen LogP contribution is 2.27. The fourth-order valence-electron chi connectivity index (χ4n) is 2.16. The fraction of sp³-hybridized carbons (Fsp3) is 0.333. The third-order valence-electron chi connectivity index (χ3n) is 3.42. The maximum Gasteiger partial charge on any atom is 0.0699 e. The molecular weight excluding hydrogens is 210 g/mol. The van der Waals surface area contributed by atoms with Gasteiger partial charge in [-0.15, -0.1) is 0 Å². The maximum atomic E-state index is 9.23. The number of aromatic amines is 1. The van der Waals surface area contributed by atoms with Crippen molar-refractivity contribution in [2.45, 2.75) is 34.3 Å². The molecule has 0 atom stereocenters. The zero-order chi connectivity index (χ0) is 12.6. The third kappa shape index (κ3) is 2.13. The minimum atomic E-state index is 0.0895. The second-order valence-corrected chi connectivity index (χ2v) is 4.74. The molecule has 0 fully saturated rings. The van der Waals surface area contributed by atoms with Crippen molar-refractivity contribution in [3.8, 4) is 11.3 Å². The number of aryl methyl sites for hydroxylation is 4. The van der Waals surface area contributed by atoms with Gasteiger partial charge in [0.1, 0.15) is 0 Å². The van der Waals surface area contributed by atoms with Gasteiger partial charge >= 0.3 is 0 Å². The van der Waals surface area contributed by atoms with E-state index in [0.29, 0.717) is 0 Å². The van der Waals surface area contributed by atoms with E-state index >= 15 is 0 Å². The van der Waals surface area contributed by atoms with Crippen LogP contribution in [0.25, 0.3) is 11.3 Å². The predicted molar refractivity (Wildman–Crippen MR) is 71.1 cm³/mol. The molecule has 90 valence electrons. The van der Waals surface area contributed by atoms with Gasteiger partial charge in [-0.2, -0.15) is 0 Å². The molecule has 0 radical (unpaired) electrons. The van der Waals surface area contributed by atoms with Crippen molar-refractivity contribution in [2.24, 2.45) is 0 Å². The quantitative estimate of drug-likeness (QED) is 0.813. The fourth-order valence-corrected chi connectivity index (χ4v) is 2.16. The standard InChI is InChI=1S/C15H19NO/c1-9-5-11(3)14(6-10(9)2)15-7-13(8-17)12(4)16-15/h5-7,16-17H,8H2,1-4H3. The number of aromatic nitrogens is 1. The molecule has 17 heavy (non-hydrogen) atoms. The number of H-pyrrole nitrogens is 1. The second-order valence-electron chi connectivity index (χ2n) is 4.74. The van der Waals surface area contributed by atoms with Crippen molar-refractivity contribution in [1.29, 1.82) is 0 Å². The van der Waals surface area contributed by atoms with E-state index in [0.717, 1.165) is 17.0 Å². The van der Waals surface area contributed by atoms with Crippen LogP contribution >= 0.6 is 0 Å². The average molecular weight is 229 g/mol. The van der Waals surface area contributed by atoms with Gasteiger partial charge in [-0.3, -0.25) is 0 Å². The molecular formula is C15H19NO. The van der Waals surface area contributed by atoms with Crippen LogP contribution in [0.4, 0.5) is 0 Å². The first-order chi connectivity index (χ1) is 8.02. The Hall–Kier alpha value is -1.54. The van der Waals surface area contributed by atoms with Crippen molar-refractivity contribution >= 4 is 0 Å². The van der Waals surface area contributed by atoms with E-state index in [4.69, 9.17) is 0 Å². The largest absolute Gasteiger partial charge is 0.392 e. The Labute approximate surface area is 102 Å². The lowest BCUT2D eigenvalue weighted by Crippen LogP contribution is -1.88. The predicted octanol–water partition coefficient (Wildman–Crippen LogP) is 3.41. The Morgan fingerprint density at radius 3 is 2.18 bits per heavy atom. The smallest absolute Gasteiger partial charge is 0.0699 e. The van der Waals surface area contributed by atoms with Crippen LogP contribution in [0.15, 0.2) is 18.2 Å². The molecule has 0 saturated carbocycles. The van der Waals surface area contributed by atoms with Crippen LogP contribution in [-0.2, 0) is 6.61 Å². The van der Waals surface area contributed by atoms with Crippen LogP contribution in [0.5, 0.6) is 0 Å². The molecule has 2 nitrogen and oxygen atoms in total. The summed E-state index contributed by atoms with van der Waals surface area (Å²) in [6, 6.07) is 6.45. The highest BCUT2D eigenvalue weighted by molar-refractivity contribution is 5.67. The highest BCUT2D eigenvalue weighted by atomic mass is 16.3. The van der Waals surface area contributed by atoms with E-state index < -0.39 is 0 Å². The van der Waals surface area contributed by atoms with Gasteiger partial charge in [-0.25, -0.2) is 0 Å². The van der Waals surface area contributed by atoms with E-state index in [-0.39, 0.29) is 6.61 Å². The molecule has 1 aromatic heterocycles. The molecule has 0 aliphatic carbocycles. The van der Waals surface area contributed by atoms with Crippen LogP contribution in [0.1, 0.15) is 27.9 Å². The molecule has 0 spiro atoms. The van der Waals surface area contributed by atoms with Crippen molar-refractivity contribution in [3.63, 3.8) is 0 Å². The summed E-state index contributed by atoms with van der Waals surface area (Å²) in [4.78, 5) is 3.34. The summed E-state index contributed by atoms with van der Waals surface area (Å²) in [6.45, 7) is 8.46. The highest BCUT2D eigenvalue weighted by Gasteiger charge is 2.09. The molecule has 0 unspecified atom stereocenters. The number of aliphatic hydroxyl groups is 1. The van der Waals surface area contributed by atoms with Crippen LogP contribution in [0, 0.1) is 27.7 Å². The zero-order valence-corrected chi connectivity index (χ0v) is 10.9. The maximum absolute atomic E-state index is 9.23. The molecule has 0 amide bonds. The molecule has 0 bridgehead atoms. The number of hydrogen-bond acceptors (Lipinski definition) is 1. The monoisotopic (exact) mass is 229 g/mol. The van der Waals surface area contributed by atoms with E-state index in [1.54, 1.807) is 0 Å². The van der Waals surface area contributed by atoms with Crippen molar-refractivity contribution < 1.29 is 5.11 Å². The lowest BCUT2D eigenvalue weighted by molar-refractivity contribution is 0.281. The van der Waals surface area contributed by atoms with Gasteiger partial charge in [-0.1, -0.05) is 6.07 Å². The summed E-state index contributed by atoms with van der Waals surface area (Å²) in [5, 5.41) is 9.23. The number of benzene rings is 1. The number of nitrogens with one attached hydrogen (secondary N) is 1. The Balaban J connectivity index is 2.56. The van der Waals surface area contributed by atoms with Gasteiger partial charge in [0.2, 0.25) is 0 Å². The summed E-state index contributed by atoms with van der Waals surface area (Å²) in [5.74, 6) is 0. The van der Waals surface area contributed by atoms with Gasteiger partial charge < -0.3 is 10.1 Å². The molecule has 0 saturated heterocycles. The van der Waals surface area contributed by atoms with Gasteiger partial charge in [0.15, 0.2) is 0 Å². The van der Waals surface area contributed by atoms with Crippen molar-refractivity contribution in [3.05, 3.63) is 46.1 Å². The van der Waals surface area contributed by atoms with E-state index in [2.05, 4.69) is 37.9 Å².